The van der Waals surface area contributed by atoms with Crippen LogP contribution in [0.5, 0.6) is 0 Å². The zero-order valence-electron chi connectivity index (χ0n) is 11.1. The molecule has 0 aliphatic carbocycles. The van der Waals surface area contributed by atoms with Crippen LogP contribution in [-0.4, -0.2) is 30.4 Å². The summed E-state index contributed by atoms with van der Waals surface area (Å²) in [6.45, 7) is 0.172. The van der Waals surface area contributed by atoms with E-state index in [1.807, 2.05) is 0 Å². The summed E-state index contributed by atoms with van der Waals surface area (Å²) in [6.07, 6.45) is 1.77. The van der Waals surface area contributed by atoms with Crippen LogP contribution < -0.4 is 5.69 Å². The molecular formula is C13H13ClN4O3. The van der Waals surface area contributed by atoms with E-state index in [0.717, 1.165) is 0 Å². The molecule has 3 rings (SSSR count). The van der Waals surface area contributed by atoms with Gasteiger partial charge in [-0.25, -0.2) is 19.3 Å². The molecule has 2 aromatic rings. The van der Waals surface area contributed by atoms with Crippen molar-refractivity contribution in [2.24, 2.45) is 0 Å². The molecule has 3 heterocycles. The topological polar surface area (TPSA) is 90.0 Å². The molecule has 7 nitrogen and oxygen atoms in total. The third-order valence-corrected chi connectivity index (χ3v) is 3.71. The molecule has 1 aliphatic rings. The predicted octanol–water partition coefficient (Wildman–Crippen LogP) is 1.10. The van der Waals surface area contributed by atoms with E-state index < -0.39 is 17.7 Å². The number of halogens is 1. The average Bonchev–Trinajstić information content (AvgIpc) is 2.75. The Morgan fingerprint density at radius 2 is 2.29 bits per heavy atom. The smallest absolute Gasteiger partial charge is 0.347 e. The first-order valence-corrected chi connectivity index (χ1v) is 6.96. The summed E-state index contributed by atoms with van der Waals surface area (Å²) < 4.78 is 2.52. The Morgan fingerprint density at radius 3 is 3.00 bits per heavy atom. The molecular weight excluding hydrogens is 296 g/mol. The van der Waals surface area contributed by atoms with Crippen LogP contribution in [0, 0.1) is 0 Å². The zero-order chi connectivity index (χ0) is 15.0. The molecule has 0 bridgehead atoms. The lowest BCUT2D eigenvalue weighted by Gasteiger charge is -2.19. The molecule has 1 atom stereocenters. The van der Waals surface area contributed by atoms with E-state index in [1.165, 1.54) is 9.25 Å². The molecule has 0 saturated heterocycles. The highest BCUT2D eigenvalue weighted by Crippen LogP contribution is 2.21. The number of carboxylic acids is 1. The monoisotopic (exact) mass is 308 g/mol. The predicted molar refractivity (Wildman–Crippen MR) is 74.4 cm³/mol. The van der Waals surface area contributed by atoms with Gasteiger partial charge in [0.1, 0.15) is 17.0 Å². The molecule has 21 heavy (non-hydrogen) atoms. The van der Waals surface area contributed by atoms with E-state index in [9.17, 15) is 14.7 Å². The van der Waals surface area contributed by atoms with Crippen molar-refractivity contribution in [3.8, 4) is 0 Å². The van der Waals surface area contributed by atoms with E-state index >= 15 is 0 Å². The lowest BCUT2D eigenvalue weighted by molar-refractivity contribution is -0.141. The van der Waals surface area contributed by atoms with Gasteiger partial charge in [0.05, 0.1) is 12.2 Å². The van der Waals surface area contributed by atoms with Crippen molar-refractivity contribution in [1.82, 2.24) is 19.3 Å². The molecule has 1 aliphatic heterocycles. The molecule has 1 N–H and O–H groups in total. The molecule has 0 amide bonds. The molecule has 0 fully saturated rings. The van der Waals surface area contributed by atoms with Crippen LogP contribution in [0.4, 0.5) is 0 Å². The maximum atomic E-state index is 12.4. The van der Waals surface area contributed by atoms with Gasteiger partial charge in [-0.05, 0) is 25.0 Å². The summed E-state index contributed by atoms with van der Waals surface area (Å²) in [5.74, 6) is -0.487. The second-order valence-electron chi connectivity index (χ2n) is 4.92. The number of rotatable bonds is 3. The number of aryl methyl sites for hydroxylation is 1. The van der Waals surface area contributed by atoms with E-state index in [1.54, 1.807) is 18.2 Å². The Morgan fingerprint density at radius 1 is 1.48 bits per heavy atom. The first-order chi connectivity index (χ1) is 10.1. The van der Waals surface area contributed by atoms with Crippen molar-refractivity contribution < 1.29 is 9.90 Å². The molecule has 0 unspecified atom stereocenters. The number of aliphatic carboxylic acids is 1. The van der Waals surface area contributed by atoms with Crippen molar-refractivity contribution in [2.45, 2.75) is 31.8 Å². The van der Waals surface area contributed by atoms with Crippen molar-refractivity contribution >= 4 is 17.6 Å². The van der Waals surface area contributed by atoms with Crippen LogP contribution in [0.2, 0.25) is 5.15 Å². The summed E-state index contributed by atoms with van der Waals surface area (Å²) in [6, 6.07) is 4.30. The first-order valence-electron chi connectivity index (χ1n) is 6.58. The Balaban J connectivity index is 1.99. The fraction of sp³-hybridized carbons (Fsp3) is 0.385. The highest BCUT2D eigenvalue weighted by Gasteiger charge is 2.30. The first kappa shape index (κ1) is 13.8. The average molecular weight is 309 g/mol. The summed E-state index contributed by atoms with van der Waals surface area (Å²) in [4.78, 5) is 27.7. The molecule has 0 spiro atoms. The molecule has 0 aromatic carbocycles. The third kappa shape index (κ3) is 2.56. The largest absolute Gasteiger partial charge is 0.480 e. The van der Waals surface area contributed by atoms with E-state index in [4.69, 9.17) is 11.6 Å². The zero-order valence-corrected chi connectivity index (χ0v) is 11.8. The molecule has 110 valence electrons. The number of carbonyl (C=O) groups is 1. The number of fused-ring (bicyclic) bond motifs is 1. The highest BCUT2D eigenvalue weighted by atomic mass is 35.5. The standard InChI is InChI=1S/C13H13ClN4O3/c14-10-5-1-3-8(15-10)7-17-13(21)18-9(12(19)20)4-2-6-11(18)16-17/h1,3,5,9H,2,4,6-7H2,(H,19,20)/t9-/m0/s1. The SMILES string of the molecule is O=C(O)[C@@H]1CCCc2nn(Cc3cccc(Cl)n3)c(=O)n21. The maximum Gasteiger partial charge on any atom is 0.347 e. The van der Waals surface area contributed by atoms with Gasteiger partial charge in [0.15, 0.2) is 0 Å². The van der Waals surface area contributed by atoms with Crippen molar-refractivity contribution in [2.75, 3.05) is 0 Å². The Hall–Kier alpha value is -2.15. The normalized spacial score (nSPS) is 17.5. The summed E-state index contributed by atoms with van der Waals surface area (Å²) >= 11 is 5.81. The summed E-state index contributed by atoms with van der Waals surface area (Å²) in [7, 11) is 0. The fourth-order valence-electron chi connectivity index (χ4n) is 2.56. The fourth-order valence-corrected chi connectivity index (χ4v) is 2.74. The minimum Gasteiger partial charge on any atom is -0.480 e. The summed E-state index contributed by atoms with van der Waals surface area (Å²) in [5, 5.41) is 13.8. The van der Waals surface area contributed by atoms with Gasteiger partial charge in [-0.1, -0.05) is 17.7 Å². The molecule has 0 saturated carbocycles. The van der Waals surface area contributed by atoms with Crippen LogP contribution >= 0.6 is 11.6 Å². The molecule has 0 radical (unpaired) electrons. The minimum atomic E-state index is -1.00. The van der Waals surface area contributed by atoms with E-state index in [-0.39, 0.29) is 6.54 Å². The number of pyridine rings is 1. The second kappa shape index (κ2) is 5.33. The lowest BCUT2D eigenvalue weighted by atomic mass is 10.1. The van der Waals surface area contributed by atoms with Crippen molar-refractivity contribution in [1.29, 1.82) is 0 Å². The van der Waals surface area contributed by atoms with Crippen LogP contribution in [0.3, 0.4) is 0 Å². The molecule has 2 aromatic heterocycles. The van der Waals surface area contributed by atoms with Gasteiger partial charge in [0.2, 0.25) is 0 Å². The maximum absolute atomic E-state index is 12.4. The van der Waals surface area contributed by atoms with Crippen molar-refractivity contribution in [3.05, 3.63) is 45.4 Å². The minimum absolute atomic E-state index is 0.172. The van der Waals surface area contributed by atoms with E-state index in [0.29, 0.717) is 35.9 Å². The summed E-state index contributed by atoms with van der Waals surface area (Å²) in [5.41, 5.74) is 0.186. The van der Waals surface area contributed by atoms with Gasteiger partial charge in [-0.2, -0.15) is 5.10 Å². The molecule has 8 heteroatoms. The highest BCUT2D eigenvalue weighted by molar-refractivity contribution is 6.29. The van der Waals surface area contributed by atoms with Gasteiger partial charge in [-0.3, -0.25) is 4.57 Å². The van der Waals surface area contributed by atoms with Gasteiger partial charge < -0.3 is 5.11 Å². The Kier molecular flexibility index (Phi) is 3.50. The number of nitrogens with zero attached hydrogens (tertiary/aromatic N) is 4. The number of aromatic nitrogens is 4. The number of hydrogen-bond acceptors (Lipinski definition) is 4. The van der Waals surface area contributed by atoms with Gasteiger partial charge in [0, 0.05) is 6.42 Å². The number of carboxylic acid groups (broad SMARTS) is 1. The van der Waals surface area contributed by atoms with Crippen molar-refractivity contribution in [3.63, 3.8) is 0 Å². The van der Waals surface area contributed by atoms with E-state index in [2.05, 4.69) is 10.1 Å². The van der Waals surface area contributed by atoms with Crippen LogP contribution in [0.15, 0.2) is 23.0 Å². The van der Waals surface area contributed by atoms with Gasteiger partial charge >= 0.3 is 11.7 Å². The van der Waals surface area contributed by atoms with Crippen LogP contribution in [0.25, 0.3) is 0 Å². The number of hydrogen-bond donors (Lipinski definition) is 1. The van der Waals surface area contributed by atoms with Crippen LogP contribution in [0.1, 0.15) is 30.4 Å². The van der Waals surface area contributed by atoms with Gasteiger partial charge in [0.25, 0.3) is 0 Å². The second-order valence-corrected chi connectivity index (χ2v) is 5.31. The quantitative estimate of drug-likeness (QED) is 0.858. The Labute approximate surface area is 124 Å². The Bertz CT molecular complexity index is 752. The lowest BCUT2D eigenvalue weighted by Crippen LogP contribution is -2.34. The van der Waals surface area contributed by atoms with Gasteiger partial charge in [-0.15, -0.1) is 0 Å². The third-order valence-electron chi connectivity index (χ3n) is 3.50. The van der Waals surface area contributed by atoms with Crippen LogP contribution in [-0.2, 0) is 17.8 Å².